The van der Waals surface area contributed by atoms with Crippen LogP contribution < -0.4 is 11.5 Å². The molecule has 0 aliphatic carbocycles. The minimum atomic E-state index is -1.63. The first-order valence-electron chi connectivity index (χ1n) is 10.2. The van der Waals surface area contributed by atoms with Gasteiger partial charge in [-0.05, 0) is 31.9 Å². The molecule has 2 aliphatic rings. The highest BCUT2D eigenvalue weighted by Crippen LogP contribution is 2.62. The van der Waals surface area contributed by atoms with E-state index in [9.17, 15) is 19.2 Å². The van der Waals surface area contributed by atoms with E-state index >= 15 is 0 Å². The lowest BCUT2D eigenvalue weighted by molar-refractivity contribution is -0.191. The van der Waals surface area contributed by atoms with E-state index in [0.717, 1.165) is 0 Å². The maximum Gasteiger partial charge on any atom is 0.511 e. The van der Waals surface area contributed by atoms with Gasteiger partial charge in [0.1, 0.15) is 6.04 Å². The maximum absolute atomic E-state index is 13.8. The van der Waals surface area contributed by atoms with E-state index < -0.39 is 40.6 Å². The van der Waals surface area contributed by atoms with Crippen LogP contribution in [0.2, 0.25) is 0 Å². The van der Waals surface area contributed by atoms with Gasteiger partial charge in [0, 0.05) is 6.92 Å². The molecule has 2 heterocycles. The van der Waals surface area contributed by atoms with Crippen molar-refractivity contribution in [3.05, 3.63) is 35.4 Å². The number of carbonyl (C=O) groups is 4. The number of rotatable bonds is 7. The maximum atomic E-state index is 13.8. The number of esters is 1. The second-order valence-corrected chi connectivity index (χ2v) is 9.80. The smallest absolute Gasteiger partial charge is 0.435 e. The van der Waals surface area contributed by atoms with Crippen molar-refractivity contribution in [3.8, 4) is 0 Å². The van der Waals surface area contributed by atoms with Crippen LogP contribution in [0, 0.1) is 0 Å². The molecule has 0 aromatic heterocycles. The van der Waals surface area contributed by atoms with E-state index in [1.807, 2.05) is 13.8 Å². The molecule has 0 bridgehead atoms. The molecule has 0 radical (unpaired) electrons. The first-order chi connectivity index (χ1) is 15.0. The SMILES string of the molecule is CCOC(=O)OC(C)OC(=O)[C@@]1(c2ccccc2C(N)C(N)=O)N2C(=O)C[C@H]2SC1(C)C. The summed E-state index contributed by atoms with van der Waals surface area (Å²) in [6.07, 6.45) is -2.01. The van der Waals surface area contributed by atoms with Crippen molar-refractivity contribution < 1.29 is 33.4 Å². The number of ether oxygens (including phenoxy) is 3. The van der Waals surface area contributed by atoms with Crippen LogP contribution in [-0.4, -0.2) is 51.9 Å². The van der Waals surface area contributed by atoms with Gasteiger partial charge in [-0.2, -0.15) is 0 Å². The Bertz CT molecular complexity index is 953. The van der Waals surface area contributed by atoms with Gasteiger partial charge in [-0.3, -0.25) is 9.59 Å². The average molecular weight is 466 g/mol. The second-order valence-electron chi connectivity index (χ2n) is 8.00. The molecule has 4 N–H and O–H groups in total. The Morgan fingerprint density at radius 2 is 1.91 bits per heavy atom. The molecular formula is C21H27N3O7S. The predicted molar refractivity (Wildman–Crippen MR) is 115 cm³/mol. The summed E-state index contributed by atoms with van der Waals surface area (Å²) < 4.78 is 14.3. The van der Waals surface area contributed by atoms with Crippen LogP contribution in [0.3, 0.4) is 0 Å². The van der Waals surface area contributed by atoms with Crippen LogP contribution in [0.15, 0.2) is 24.3 Å². The number of β-lactam (4-membered cyclic amide) rings is 1. The van der Waals surface area contributed by atoms with Crippen LogP contribution in [0.5, 0.6) is 0 Å². The van der Waals surface area contributed by atoms with Gasteiger partial charge in [0.15, 0.2) is 5.54 Å². The number of benzene rings is 1. The molecule has 2 amide bonds. The fourth-order valence-electron chi connectivity index (χ4n) is 4.31. The fourth-order valence-corrected chi connectivity index (χ4v) is 6.06. The molecular weight excluding hydrogens is 438 g/mol. The van der Waals surface area contributed by atoms with Crippen LogP contribution in [0.1, 0.15) is 51.3 Å². The number of hydrogen-bond donors (Lipinski definition) is 2. The number of primary amides is 1. The Kier molecular flexibility index (Phi) is 6.43. The van der Waals surface area contributed by atoms with E-state index in [1.165, 1.54) is 23.6 Å². The minimum absolute atomic E-state index is 0.0927. The van der Waals surface area contributed by atoms with Crippen LogP contribution in [-0.2, 0) is 34.1 Å². The van der Waals surface area contributed by atoms with Gasteiger partial charge in [0.2, 0.25) is 18.1 Å². The molecule has 1 aromatic carbocycles. The predicted octanol–water partition coefficient (Wildman–Crippen LogP) is 1.51. The lowest BCUT2D eigenvalue weighted by Gasteiger charge is -2.48. The number of nitrogens with zero attached hydrogens (tertiary/aromatic N) is 1. The number of amides is 2. The zero-order valence-corrected chi connectivity index (χ0v) is 19.1. The van der Waals surface area contributed by atoms with E-state index in [1.54, 1.807) is 31.2 Å². The first-order valence-corrected chi connectivity index (χ1v) is 11.0. The van der Waals surface area contributed by atoms with E-state index in [4.69, 9.17) is 25.7 Å². The molecule has 32 heavy (non-hydrogen) atoms. The highest BCUT2D eigenvalue weighted by atomic mass is 32.2. The van der Waals surface area contributed by atoms with E-state index in [2.05, 4.69) is 0 Å². The lowest BCUT2D eigenvalue weighted by Crippen LogP contribution is -2.66. The van der Waals surface area contributed by atoms with Crippen LogP contribution in [0.4, 0.5) is 4.79 Å². The molecule has 10 nitrogen and oxygen atoms in total. The van der Waals surface area contributed by atoms with E-state index in [0.29, 0.717) is 11.1 Å². The Morgan fingerprint density at radius 3 is 2.50 bits per heavy atom. The van der Waals surface area contributed by atoms with Gasteiger partial charge in [0.05, 0.1) is 23.1 Å². The molecule has 11 heteroatoms. The molecule has 2 fully saturated rings. The van der Waals surface area contributed by atoms with Crippen molar-refractivity contribution in [1.82, 2.24) is 4.90 Å². The quantitative estimate of drug-likeness (QED) is 0.347. The number of carbonyl (C=O) groups excluding carboxylic acids is 4. The third-order valence-corrected chi connectivity index (χ3v) is 7.19. The Hall–Kier alpha value is -2.79. The first kappa shape index (κ1) is 23.9. The summed E-state index contributed by atoms with van der Waals surface area (Å²) in [5, 5.41) is -0.260. The molecule has 0 spiro atoms. The van der Waals surface area contributed by atoms with Crippen molar-refractivity contribution in [1.29, 1.82) is 0 Å². The summed E-state index contributed by atoms with van der Waals surface area (Å²) in [6.45, 7) is 6.70. The summed E-state index contributed by atoms with van der Waals surface area (Å²) in [7, 11) is 0. The summed E-state index contributed by atoms with van der Waals surface area (Å²) >= 11 is 1.44. The zero-order chi connectivity index (χ0) is 23.8. The molecule has 2 unspecified atom stereocenters. The summed E-state index contributed by atoms with van der Waals surface area (Å²) in [6, 6.07) is 5.36. The molecule has 0 saturated carbocycles. The molecule has 2 aliphatic heterocycles. The van der Waals surface area contributed by atoms with Gasteiger partial charge < -0.3 is 30.6 Å². The van der Waals surface area contributed by atoms with Crippen molar-refractivity contribution in [3.63, 3.8) is 0 Å². The van der Waals surface area contributed by atoms with Crippen LogP contribution in [0.25, 0.3) is 0 Å². The van der Waals surface area contributed by atoms with Gasteiger partial charge in [-0.15, -0.1) is 11.8 Å². The molecule has 1 aromatic rings. The van der Waals surface area contributed by atoms with Crippen molar-refractivity contribution in [2.45, 2.75) is 62.1 Å². The van der Waals surface area contributed by atoms with Crippen molar-refractivity contribution >= 4 is 35.7 Å². The molecule has 3 rings (SSSR count). The average Bonchev–Trinajstić information content (AvgIpc) is 2.89. The van der Waals surface area contributed by atoms with Crippen molar-refractivity contribution in [2.75, 3.05) is 6.61 Å². The standard InChI is InChI=1S/C21H27N3O7S/c1-5-29-19(28)31-11(2)30-18(27)21(20(3,4)32-15-10-14(25)24(15)21)13-9-7-6-8-12(13)16(22)17(23)26/h6-9,11,15-16H,5,10,22H2,1-4H3,(H2,23,26)/t11?,15-,16?,21-/m1/s1. The molecule has 174 valence electrons. The zero-order valence-electron chi connectivity index (χ0n) is 18.3. The summed E-state index contributed by atoms with van der Waals surface area (Å²) in [4.78, 5) is 51.6. The highest BCUT2D eigenvalue weighted by molar-refractivity contribution is 8.01. The lowest BCUT2D eigenvalue weighted by atomic mass is 9.73. The van der Waals surface area contributed by atoms with Crippen molar-refractivity contribution in [2.24, 2.45) is 11.5 Å². The van der Waals surface area contributed by atoms with Gasteiger partial charge >= 0.3 is 12.1 Å². The topological polar surface area (TPSA) is 151 Å². The van der Waals surface area contributed by atoms with Gasteiger partial charge in [-0.25, -0.2) is 9.59 Å². The summed E-state index contributed by atoms with van der Waals surface area (Å²) in [5.41, 5.74) is 10.5. The Morgan fingerprint density at radius 1 is 1.25 bits per heavy atom. The number of nitrogens with two attached hydrogens (primary N) is 2. The summed E-state index contributed by atoms with van der Waals surface area (Å²) in [5.74, 6) is -1.84. The largest absolute Gasteiger partial charge is 0.511 e. The Balaban J connectivity index is 2.12. The number of fused-ring (bicyclic) bond motifs is 1. The molecule has 4 atom stereocenters. The van der Waals surface area contributed by atoms with Gasteiger partial charge in [-0.1, -0.05) is 24.3 Å². The van der Waals surface area contributed by atoms with Gasteiger partial charge in [0.25, 0.3) is 0 Å². The monoisotopic (exact) mass is 465 g/mol. The number of thioether (sulfide) groups is 1. The Labute approximate surface area is 189 Å². The second kappa shape index (κ2) is 8.62. The molecule has 2 saturated heterocycles. The highest BCUT2D eigenvalue weighted by Gasteiger charge is 2.71. The third-order valence-electron chi connectivity index (χ3n) is 5.65. The fraction of sp³-hybridized carbons (Fsp3) is 0.524. The van der Waals surface area contributed by atoms with Crippen LogP contribution >= 0.6 is 11.8 Å². The normalized spacial score (nSPS) is 25.2. The van der Waals surface area contributed by atoms with E-state index in [-0.39, 0.29) is 24.3 Å². The minimum Gasteiger partial charge on any atom is -0.435 e. The number of hydrogen-bond acceptors (Lipinski definition) is 9. The third kappa shape index (κ3) is 3.69.